The van der Waals surface area contributed by atoms with Gasteiger partial charge in [-0.05, 0) is 32.6 Å². The van der Waals surface area contributed by atoms with Gasteiger partial charge in [-0.25, -0.2) is 0 Å². The van der Waals surface area contributed by atoms with Crippen molar-refractivity contribution in [2.75, 3.05) is 18.0 Å². The summed E-state index contributed by atoms with van der Waals surface area (Å²) in [6.45, 7) is 6.07. The second-order valence-corrected chi connectivity index (χ2v) is 6.25. The number of amides is 1. The van der Waals surface area contributed by atoms with Crippen LogP contribution in [0.3, 0.4) is 0 Å². The van der Waals surface area contributed by atoms with E-state index in [2.05, 4.69) is 20.4 Å². The molecule has 2 heterocycles. The third-order valence-electron chi connectivity index (χ3n) is 4.53. The molecule has 0 radical (unpaired) electrons. The fourth-order valence-electron chi connectivity index (χ4n) is 2.99. The maximum atomic E-state index is 12.5. The molecule has 1 saturated heterocycles. The molecule has 0 spiro atoms. The van der Waals surface area contributed by atoms with E-state index in [-0.39, 0.29) is 11.9 Å². The standard InChI is InChI=1S/C18H24N4O/c1-3-13(2)19-18(23)16-14-9-5-6-10-15(14)17(21-20-16)22-11-7-4-8-12-22/h5-6,9-10,13H,3-4,7-8,11-12H2,1-2H3,(H,19,23). The van der Waals surface area contributed by atoms with Crippen LogP contribution in [0.4, 0.5) is 5.82 Å². The Morgan fingerprint density at radius 2 is 1.87 bits per heavy atom. The number of piperidine rings is 1. The molecule has 5 heteroatoms. The largest absolute Gasteiger partial charge is 0.355 e. The molecule has 1 aromatic heterocycles. The number of carbonyl (C=O) groups excluding carboxylic acids is 1. The number of fused-ring (bicyclic) bond motifs is 1. The molecule has 1 N–H and O–H groups in total. The lowest BCUT2D eigenvalue weighted by Crippen LogP contribution is -2.34. The summed E-state index contributed by atoms with van der Waals surface area (Å²) in [5.74, 6) is 0.758. The Bertz CT molecular complexity index is 694. The first-order valence-corrected chi connectivity index (χ1v) is 8.52. The molecule has 0 bridgehead atoms. The van der Waals surface area contributed by atoms with Gasteiger partial charge in [-0.15, -0.1) is 10.2 Å². The predicted octanol–water partition coefficient (Wildman–Crippen LogP) is 3.15. The van der Waals surface area contributed by atoms with E-state index in [1.807, 2.05) is 38.1 Å². The molecule has 1 aliphatic heterocycles. The highest BCUT2D eigenvalue weighted by Crippen LogP contribution is 2.27. The van der Waals surface area contributed by atoms with E-state index in [1.165, 1.54) is 19.3 Å². The van der Waals surface area contributed by atoms with Crippen molar-refractivity contribution in [3.05, 3.63) is 30.0 Å². The van der Waals surface area contributed by atoms with Crippen molar-refractivity contribution >= 4 is 22.5 Å². The van der Waals surface area contributed by atoms with E-state index in [0.29, 0.717) is 5.69 Å². The number of carbonyl (C=O) groups is 1. The van der Waals surface area contributed by atoms with Gasteiger partial charge in [0.15, 0.2) is 11.5 Å². The summed E-state index contributed by atoms with van der Waals surface area (Å²) in [7, 11) is 0. The topological polar surface area (TPSA) is 58.1 Å². The lowest BCUT2D eigenvalue weighted by Gasteiger charge is -2.28. The molecule has 5 nitrogen and oxygen atoms in total. The van der Waals surface area contributed by atoms with Crippen molar-refractivity contribution in [2.45, 2.75) is 45.6 Å². The highest BCUT2D eigenvalue weighted by molar-refractivity contribution is 6.07. The normalized spacial score (nSPS) is 16.3. The summed E-state index contributed by atoms with van der Waals surface area (Å²) in [5, 5.41) is 13.5. The van der Waals surface area contributed by atoms with Crippen molar-refractivity contribution in [2.24, 2.45) is 0 Å². The molecular weight excluding hydrogens is 288 g/mol. The molecule has 3 rings (SSSR count). The number of nitrogens with zero attached hydrogens (tertiary/aromatic N) is 3. The third kappa shape index (κ3) is 3.28. The summed E-state index contributed by atoms with van der Waals surface area (Å²) in [4.78, 5) is 14.8. The SMILES string of the molecule is CCC(C)NC(=O)c1nnc(N2CCCCC2)c2ccccc12. The van der Waals surface area contributed by atoms with Gasteiger partial charge in [-0.2, -0.15) is 0 Å². The summed E-state index contributed by atoms with van der Waals surface area (Å²) < 4.78 is 0. The zero-order valence-electron chi connectivity index (χ0n) is 13.9. The molecule has 2 aromatic rings. The number of rotatable bonds is 4. The van der Waals surface area contributed by atoms with Gasteiger partial charge in [0.05, 0.1) is 0 Å². The Labute approximate surface area is 137 Å². The monoisotopic (exact) mass is 312 g/mol. The fraction of sp³-hybridized carbons (Fsp3) is 0.500. The maximum absolute atomic E-state index is 12.5. The zero-order valence-corrected chi connectivity index (χ0v) is 13.9. The van der Waals surface area contributed by atoms with Crippen LogP contribution in [0, 0.1) is 0 Å². The number of benzene rings is 1. The molecule has 1 amide bonds. The zero-order chi connectivity index (χ0) is 16.2. The summed E-state index contributed by atoms with van der Waals surface area (Å²) >= 11 is 0. The van der Waals surface area contributed by atoms with E-state index in [0.717, 1.165) is 36.1 Å². The van der Waals surface area contributed by atoms with Gasteiger partial charge >= 0.3 is 0 Å². The lowest BCUT2D eigenvalue weighted by atomic mass is 10.1. The highest BCUT2D eigenvalue weighted by atomic mass is 16.2. The van der Waals surface area contributed by atoms with Gasteiger partial charge in [0.2, 0.25) is 0 Å². The highest BCUT2D eigenvalue weighted by Gasteiger charge is 2.20. The van der Waals surface area contributed by atoms with E-state index in [1.54, 1.807) is 0 Å². The Kier molecular flexibility index (Phi) is 4.74. The second-order valence-electron chi connectivity index (χ2n) is 6.25. The van der Waals surface area contributed by atoms with Gasteiger partial charge in [0.25, 0.3) is 5.91 Å². The molecule has 1 aromatic carbocycles. The predicted molar refractivity (Wildman–Crippen MR) is 92.8 cm³/mol. The quantitative estimate of drug-likeness (QED) is 0.942. The Balaban J connectivity index is 2.00. The molecule has 0 aliphatic carbocycles. The molecule has 1 aliphatic rings. The molecule has 1 fully saturated rings. The van der Waals surface area contributed by atoms with Crippen molar-refractivity contribution in [1.82, 2.24) is 15.5 Å². The van der Waals surface area contributed by atoms with E-state index in [4.69, 9.17) is 0 Å². The average Bonchev–Trinajstić information content (AvgIpc) is 2.61. The van der Waals surface area contributed by atoms with Crippen molar-refractivity contribution < 1.29 is 4.79 Å². The smallest absolute Gasteiger partial charge is 0.272 e. The minimum atomic E-state index is -0.145. The van der Waals surface area contributed by atoms with Crippen LogP contribution in [-0.4, -0.2) is 35.2 Å². The molecule has 1 unspecified atom stereocenters. The van der Waals surface area contributed by atoms with Crippen LogP contribution in [0.5, 0.6) is 0 Å². The Morgan fingerprint density at radius 3 is 2.57 bits per heavy atom. The summed E-state index contributed by atoms with van der Waals surface area (Å²) in [5.41, 5.74) is 0.418. The lowest BCUT2D eigenvalue weighted by molar-refractivity contribution is 0.0935. The van der Waals surface area contributed by atoms with E-state index in [9.17, 15) is 4.79 Å². The van der Waals surface area contributed by atoms with Crippen LogP contribution < -0.4 is 10.2 Å². The first-order chi connectivity index (χ1) is 11.2. The number of aromatic nitrogens is 2. The molecule has 0 saturated carbocycles. The van der Waals surface area contributed by atoms with E-state index >= 15 is 0 Å². The molecular formula is C18H24N4O. The van der Waals surface area contributed by atoms with Crippen molar-refractivity contribution in [3.8, 4) is 0 Å². The van der Waals surface area contributed by atoms with E-state index < -0.39 is 0 Å². The minimum Gasteiger partial charge on any atom is -0.355 e. The molecule has 23 heavy (non-hydrogen) atoms. The Hall–Kier alpha value is -2.17. The van der Waals surface area contributed by atoms with Gasteiger partial charge < -0.3 is 10.2 Å². The van der Waals surface area contributed by atoms with Gasteiger partial charge in [-0.1, -0.05) is 31.2 Å². The van der Waals surface area contributed by atoms with Crippen LogP contribution in [0.1, 0.15) is 50.0 Å². The van der Waals surface area contributed by atoms with Crippen molar-refractivity contribution in [3.63, 3.8) is 0 Å². The van der Waals surface area contributed by atoms with Crippen molar-refractivity contribution in [1.29, 1.82) is 0 Å². The van der Waals surface area contributed by atoms with Crippen LogP contribution in [0.25, 0.3) is 10.8 Å². The summed E-state index contributed by atoms with van der Waals surface area (Å²) in [6, 6.07) is 8.07. The van der Waals surface area contributed by atoms with Gasteiger partial charge in [-0.3, -0.25) is 4.79 Å². The molecule has 122 valence electrons. The van der Waals surface area contributed by atoms with Crippen LogP contribution >= 0.6 is 0 Å². The number of nitrogens with one attached hydrogen (secondary N) is 1. The number of anilines is 1. The van der Waals surface area contributed by atoms with Crippen LogP contribution in [0.2, 0.25) is 0 Å². The summed E-state index contributed by atoms with van der Waals surface area (Å²) in [6.07, 6.45) is 4.54. The number of hydrogen-bond donors (Lipinski definition) is 1. The maximum Gasteiger partial charge on any atom is 0.272 e. The average molecular weight is 312 g/mol. The van der Waals surface area contributed by atoms with Gasteiger partial charge in [0, 0.05) is 29.9 Å². The first kappa shape index (κ1) is 15.7. The third-order valence-corrected chi connectivity index (χ3v) is 4.53. The van der Waals surface area contributed by atoms with Crippen LogP contribution in [0.15, 0.2) is 24.3 Å². The minimum absolute atomic E-state index is 0.129. The second kappa shape index (κ2) is 6.94. The number of hydrogen-bond acceptors (Lipinski definition) is 4. The Morgan fingerprint density at radius 1 is 1.17 bits per heavy atom. The molecule has 1 atom stereocenters. The van der Waals surface area contributed by atoms with Gasteiger partial charge in [0.1, 0.15) is 0 Å². The van der Waals surface area contributed by atoms with Crippen LogP contribution in [-0.2, 0) is 0 Å². The fourth-order valence-corrected chi connectivity index (χ4v) is 2.99. The first-order valence-electron chi connectivity index (χ1n) is 8.52.